The molecule has 0 bridgehead atoms. The maximum Gasteiger partial charge on any atom is 0.303 e. The minimum absolute atomic E-state index is 0.196. The highest BCUT2D eigenvalue weighted by Crippen LogP contribution is 2.13. The molecule has 0 aromatic heterocycles. The SMILES string of the molecule is N#Cc1ccccc1NCCCCC(=O)O. The summed E-state index contributed by atoms with van der Waals surface area (Å²) in [6.45, 7) is 0.686. The van der Waals surface area contributed by atoms with E-state index < -0.39 is 5.97 Å². The van der Waals surface area contributed by atoms with Gasteiger partial charge in [0.25, 0.3) is 0 Å². The molecule has 0 atom stereocenters. The van der Waals surface area contributed by atoms with E-state index in [1.54, 1.807) is 6.07 Å². The topological polar surface area (TPSA) is 73.1 Å². The summed E-state index contributed by atoms with van der Waals surface area (Å²) in [7, 11) is 0. The first kappa shape index (κ1) is 12.1. The maximum atomic E-state index is 10.3. The summed E-state index contributed by atoms with van der Waals surface area (Å²) in [6.07, 6.45) is 1.63. The third-order valence-corrected chi connectivity index (χ3v) is 2.18. The van der Waals surface area contributed by atoms with Crippen LogP contribution in [0.3, 0.4) is 0 Å². The van der Waals surface area contributed by atoms with Gasteiger partial charge in [0.2, 0.25) is 0 Å². The van der Waals surface area contributed by atoms with Gasteiger partial charge < -0.3 is 10.4 Å². The fraction of sp³-hybridized carbons (Fsp3) is 0.333. The Labute approximate surface area is 94.5 Å². The summed E-state index contributed by atoms with van der Waals surface area (Å²) < 4.78 is 0. The number of nitriles is 1. The van der Waals surface area contributed by atoms with Crippen LogP contribution in [0.2, 0.25) is 0 Å². The summed E-state index contributed by atoms with van der Waals surface area (Å²) >= 11 is 0. The van der Waals surface area contributed by atoms with Crippen molar-refractivity contribution in [1.29, 1.82) is 5.26 Å². The zero-order valence-corrected chi connectivity index (χ0v) is 8.94. The number of para-hydroxylation sites is 1. The number of benzene rings is 1. The molecular formula is C12H14N2O2. The quantitative estimate of drug-likeness (QED) is 0.718. The van der Waals surface area contributed by atoms with Crippen molar-refractivity contribution >= 4 is 11.7 Å². The number of rotatable bonds is 6. The van der Waals surface area contributed by atoms with Gasteiger partial charge in [0, 0.05) is 13.0 Å². The Balaban J connectivity index is 2.32. The van der Waals surface area contributed by atoms with Gasteiger partial charge in [0.05, 0.1) is 11.3 Å². The Morgan fingerprint density at radius 1 is 1.38 bits per heavy atom. The lowest BCUT2D eigenvalue weighted by molar-refractivity contribution is -0.137. The fourth-order valence-electron chi connectivity index (χ4n) is 1.36. The number of carboxylic acid groups (broad SMARTS) is 1. The van der Waals surface area contributed by atoms with E-state index in [4.69, 9.17) is 10.4 Å². The molecule has 0 amide bonds. The third kappa shape index (κ3) is 4.01. The molecular weight excluding hydrogens is 204 g/mol. The monoisotopic (exact) mass is 218 g/mol. The van der Waals surface area contributed by atoms with Crippen LogP contribution in [0.4, 0.5) is 5.69 Å². The molecule has 0 unspecified atom stereocenters. The molecule has 4 heteroatoms. The van der Waals surface area contributed by atoms with Crippen LogP contribution in [0.15, 0.2) is 24.3 Å². The number of nitrogens with one attached hydrogen (secondary N) is 1. The molecule has 0 saturated heterocycles. The molecule has 0 aliphatic carbocycles. The van der Waals surface area contributed by atoms with Crippen LogP contribution in [-0.2, 0) is 4.79 Å². The molecule has 0 aliphatic rings. The normalized spacial score (nSPS) is 9.44. The fourth-order valence-corrected chi connectivity index (χ4v) is 1.36. The number of carbonyl (C=O) groups is 1. The molecule has 16 heavy (non-hydrogen) atoms. The summed E-state index contributed by atoms with van der Waals surface area (Å²) in [5.41, 5.74) is 1.42. The number of hydrogen-bond acceptors (Lipinski definition) is 3. The molecule has 0 heterocycles. The standard InChI is InChI=1S/C12H14N2O2/c13-9-10-5-1-2-6-11(10)14-8-4-3-7-12(15)16/h1-2,5-6,14H,3-4,7-8H2,(H,15,16). The number of unbranched alkanes of at least 4 members (excludes halogenated alkanes) is 1. The summed E-state index contributed by atoms with van der Waals surface area (Å²) in [5.74, 6) is -0.766. The van der Waals surface area contributed by atoms with Crippen molar-refractivity contribution in [2.75, 3.05) is 11.9 Å². The van der Waals surface area contributed by atoms with E-state index in [-0.39, 0.29) is 6.42 Å². The first-order valence-corrected chi connectivity index (χ1v) is 5.19. The van der Waals surface area contributed by atoms with E-state index in [2.05, 4.69) is 11.4 Å². The largest absolute Gasteiger partial charge is 0.481 e. The van der Waals surface area contributed by atoms with Gasteiger partial charge in [0.1, 0.15) is 6.07 Å². The van der Waals surface area contributed by atoms with Gasteiger partial charge in [-0.05, 0) is 25.0 Å². The maximum absolute atomic E-state index is 10.3. The highest BCUT2D eigenvalue weighted by molar-refractivity contribution is 5.66. The van der Waals surface area contributed by atoms with Crippen LogP contribution in [0.25, 0.3) is 0 Å². The Morgan fingerprint density at radius 3 is 2.81 bits per heavy atom. The van der Waals surface area contributed by atoms with Gasteiger partial charge in [0.15, 0.2) is 0 Å². The second kappa shape index (κ2) is 6.46. The minimum Gasteiger partial charge on any atom is -0.481 e. The van der Waals surface area contributed by atoms with E-state index in [1.807, 2.05) is 18.2 Å². The van der Waals surface area contributed by atoms with Crippen molar-refractivity contribution in [3.63, 3.8) is 0 Å². The van der Waals surface area contributed by atoms with Gasteiger partial charge in [-0.3, -0.25) is 4.79 Å². The van der Waals surface area contributed by atoms with E-state index in [1.165, 1.54) is 0 Å². The van der Waals surface area contributed by atoms with Crippen molar-refractivity contribution in [3.05, 3.63) is 29.8 Å². The summed E-state index contributed by atoms with van der Waals surface area (Å²) in [6, 6.07) is 9.37. The van der Waals surface area contributed by atoms with Crippen LogP contribution >= 0.6 is 0 Å². The molecule has 2 N–H and O–H groups in total. The average molecular weight is 218 g/mol. The van der Waals surface area contributed by atoms with Crippen molar-refractivity contribution in [2.45, 2.75) is 19.3 Å². The zero-order chi connectivity index (χ0) is 11.8. The van der Waals surface area contributed by atoms with Crippen LogP contribution in [0.5, 0.6) is 0 Å². The second-order valence-corrected chi connectivity index (χ2v) is 3.44. The highest BCUT2D eigenvalue weighted by atomic mass is 16.4. The second-order valence-electron chi connectivity index (χ2n) is 3.44. The van der Waals surface area contributed by atoms with Gasteiger partial charge in [-0.25, -0.2) is 0 Å². The van der Waals surface area contributed by atoms with E-state index in [9.17, 15) is 4.79 Å². The van der Waals surface area contributed by atoms with Crippen molar-refractivity contribution in [1.82, 2.24) is 0 Å². The van der Waals surface area contributed by atoms with Crippen LogP contribution in [0, 0.1) is 11.3 Å². The van der Waals surface area contributed by atoms with Crippen molar-refractivity contribution in [3.8, 4) is 6.07 Å². The average Bonchev–Trinajstić information content (AvgIpc) is 2.29. The smallest absolute Gasteiger partial charge is 0.303 e. The first-order valence-electron chi connectivity index (χ1n) is 5.19. The molecule has 0 aliphatic heterocycles. The Bertz CT molecular complexity index is 396. The molecule has 1 aromatic rings. The highest BCUT2D eigenvalue weighted by Gasteiger charge is 2.00. The summed E-state index contributed by atoms with van der Waals surface area (Å²) in [4.78, 5) is 10.3. The number of carboxylic acids is 1. The molecule has 84 valence electrons. The van der Waals surface area contributed by atoms with Crippen molar-refractivity contribution < 1.29 is 9.90 Å². The van der Waals surface area contributed by atoms with Crippen LogP contribution in [0.1, 0.15) is 24.8 Å². The third-order valence-electron chi connectivity index (χ3n) is 2.18. The lowest BCUT2D eigenvalue weighted by Gasteiger charge is -2.06. The molecule has 4 nitrogen and oxygen atoms in total. The van der Waals surface area contributed by atoms with Gasteiger partial charge in [-0.2, -0.15) is 5.26 Å². The van der Waals surface area contributed by atoms with E-state index in [0.717, 1.165) is 12.1 Å². The number of nitrogens with zero attached hydrogens (tertiary/aromatic N) is 1. The van der Waals surface area contributed by atoms with Crippen molar-refractivity contribution in [2.24, 2.45) is 0 Å². The molecule has 1 rings (SSSR count). The number of anilines is 1. The lowest BCUT2D eigenvalue weighted by atomic mass is 10.2. The minimum atomic E-state index is -0.766. The summed E-state index contributed by atoms with van der Waals surface area (Å²) in [5, 5.41) is 20.4. The van der Waals surface area contributed by atoms with E-state index in [0.29, 0.717) is 18.5 Å². The van der Waals surface area contributed by atoms with E-state index >= 15 is 0 Å². The first-order chi connectivity index (χ1) is 7.74. The molecule has 0 saturated carbocycles. The number of hydrogen-bond donors (Lipinski definition) is 2. The van der Waals surface area contributed by atoms with Gasteiger partial charge in [-0.1, -0.05) is 12.1 Å². The Morgan fingerprint density at radius 2 is 2.12 bits per heavy atom. The molecule has 0 fully saturated rings. The molecule has 1 aromatic carbocycles. The predicted octanol–water partition coefficient (Wildman–Crippen LogP) is 2.23. The van der Waals surface area contributed by atoms with Crippen LogP contribution < -0.4 is 5.32 Å². The molecule has 0 spiro atoms. The molecule has 0 radical (unpaired) electrons. The zero-order valence-electron chi connectivity index (χ0n) is 8.94. The lowest BCUT2D eigenvalue weighted by Crippen LogP contribution is -2.04. The van der Waals surface area contributed by atoms with Crippen LogP contribution in [-0.4, -0.2) is 17.6 Å². The Hall–Kier alpha value is -2.02. The number of aliphatic carboxylic acids is 1. The Kier molecular flexibility index (Phi) is 4.87. The van der Waals surface area contributed by atoms with Gasteiger partial charge in [-0.15, -0.1) is 0 Å². The van der Waals surface area contributed by atoms with Gasteiger partial charge >= 0.3 is 5.97 Å². The predicted molar refractivity (Wildman–Crippen MR) is 61.1 cm³/mol.